The molecule has 0 radical (unpaired) electrons. The average molecular weight is 316 g/mol. The second-order valence-electron chi connectivity index (χ2n) is 4.89. The molecular weight excluding hydrogens is 288 g/mol. The largest absolute Gasteiger partial charge is 0.501 e. The van der Waals surface area contributed by atoms with Gasteiger partial charge in [-0.25, -0.2) is 0 Å². The molecule has 122 valence electrons. The zero-order valence-corrected chi connectivity index (χ0v) is 14.7. The van der Waals surface area contributed by atoms with E-state index in [0.717, 1.165) is 24.2 Å². The van der Waals surface area contributed by atoms with Crippen LogP contribution in [0.1, 0.15) is 47.0 Å². The van der Waals surface area contributed by atoms with E-state index in [1.165, 1.54) is 0 Å². The predicted octanol–water partition coefficient (Wildman–Crippen LogP) is 3.08. The van der Waals surface area contributed by atoms with Crippen molar-refractivity contribution < 1.29 is 22.8 Å². The molecule has 0 atom stereocenters. The highest BCUT2D eigenvalue weighted by Crippen LogP contribution is 2.28. The zero-order chi connectivity index (χ0) is 15.7. The summed E-state index contributed by atoms with van der Waals surface area (Å²) in [5, 5.41) is 0. The Bertz CT molecular complexity index is 350. The summed E-state index contributed by atoms with van der Waals surface area (Å²) in [4.78, 5) is 11.7. The normalized spacial score (nSPS) is 16.0. The van der Waals surface area contributed by atoms with Gasteiger partial charge in [0.1, 0.15) is 5.76 Å². The molecule has 0 bridgehead atoms. The van der Waals surface area contributed by atoms with Crippen molar-refractivity contribution in [2.75, 3.05) is 26.4 Å². The number of hydrogen-bond acceptors (Lipinski definition) is 5. The Balaban J connectivity index is 2.80. The van der Waals surface area contributed by atoms with Crippen LogP contribution in [0.5, 0.6) is 0 Å². The standard InChI is InChI=1S/C15H28O5Si/c1-5-18-21(19-6-2,20-7-3)12-10-15-14(13(4)16)9-8-11-17-15/h5-12H2,1-4H3. The first-order chi connectivity index (χ1) is 10.1. The van der Waals surface area contributed by atoms with Crippen LogP contribution >= 0.6 is 0 Å². The lowest BCUT2D eigenvalue weighted by molar-refractivity contribution is -0.114. The Hall–Kier alpha value is -0.693. The molecule has 0 N–H and O–H groups in total. The molecule has 0 aromatic heterocycles. The van der Waals surface area contributed by atoms with Crippen molar-refractivity contribution >= 4 is 14.6 Å². The highest BCUT2D eigenvalue weighted by Gasteiger charge is 2.40. The van der Waals surface area contributed by atoms with Gasteiger partial charge < -0.3 is 18.0 Å². The summed E-state index contributed by atoms with van der Waals surface area (Å²) >= 11 is 0. The Labute approximate surface area is 129 Å². The van der Waals surface area contributed by atoms with Crippen LogP contribution in [0.25, 0.3) is 0 Å². The van der Waals surface area contributed by atoms with Gasteiger partial charge in [-0.3, -0.25) is 4.79 Å². The lowest BCUT2D eigenvalue weighted by atomic mass is 10.0. The van der Waals surface area contributed by atoms with E-state index >= 15 is 0 Å². The molecule has 0 aromatic carbocycles. The van der Waals surface area contributed by atoms with E-state index in [4.69, 9.17) is 18.0 Å². The molecular formula is C15H28O5Si. The maximum absolute atomic E-state index is 11.7. The molecule has 6 heteroatoms. The Morgan fingerprint density at radius 2 is 1.71 bits per heavy atom. The molecule has 0 saturated heterocycles. The molecule has 1 aliphatic rings. The van der Waals surface area contributed by atoms with E-state index < -0.39 is 8.80 Å². The molecule has 0 amide bonds. The highest BCUT2D eigenvalue weighted by molar-refractivity contribution is 6.60. The first-order valence-corrected chi connectivity index (χ1v) is 9.79. The Morgan fingerprint density at radius 3 is 2.19 bits per heavy atom. The van der Waals surface area contributed by atoms with Crippen LogP contribution in [-0.4, -0.2) is 41.0 Å². The minimum atomic E-state index is -2.67. The summed E-state index contributed by atoms with van der Waals surface area (Å²) in [6, 6.07) is 0.647. The number of ketones is 1. The van der Waals surface area contributed by atoms with Gasteiger partial charge in [-0.1, -0.05) is 0 Å². The zero-order valence-electron chi connectivity index (χ0n) is 13.7. The van der Waals surface area contributed by atoms with E-state index in [-0.39, 0.29) is 5.78 Å². The fourth-order valence-corrected chi connectivity index (χ4v) is 5.07. The van der Waals surface area contributed by atoms with Gasteiger partial charge in [-0.05, 0) is 40.5 Å². The van der Waals surface area contributed by atoms with E-state index in [2.05, 4.69) is 0 Å². The van der Waals surface area contributed by atoms with E-state index in [0.29, 0.717) is 38.9 Å². The summed E-state index contributed by atoms with van der Waals surface area (Å²) in [5.41, 5.74) is 0.814. The van der Waals surface area contributed by atoms with Crippen molar-refractivity contribution in [1.82, 2.24) is 0 Å². The minimum absolute atomic E-state index is 0.0983. The summed E-state index contributed by atoms with van der Waals surface area (Å²) in [5.74, 6) is 0.894. The molecule has 0 saturated carbocycles. The van der Waals surface area contributed by atoms with Crippen LogP contribution in [0.3, 0.4) is 0 Å². The lowest BCUT2D eigenvalue weighted by Gasteiger charge is -2.29. The Morgan fingerprint density at radius 1 is 1.14 bits per heavy atom. The highest BCUT2D eigenvalue weighted by atomic mass is 28.4. The van der Waals surface area contributed by atoms with Gasteiger partial charge >= 0.3 is 8.80 Å². The summed E-state index contributed by atoms with van der Waals surface area (Å²) in [6.45, 7) is 9.79. The molecule has 0 spiro atoms. The van der Waals surface area contributed by atoms with Crippen molar-refractivity contribution in [1.29, 1.82) is 0 Å². The quantitative estimate of drug-likeness (QED) is 0.580. The third-order valence-electron chi connectivity index (χ3n) is 3.36. The third-order valence-corrected chi connectivity index (χ3v) is 6.41. The predicted molar refractivity (Wildman–Crippen MR) is 82.9 cm³/mol. The van der Waals surface area contributed by atoms with Crippen LogP contribution < -0.4 is 0 Å². The molecule has 1 rings (SSSR count). The SMILES string of the molecule is CCO[Si](CCC1=C(C(C)=O)CCCO1)(OCC)OCC. The van der Waals surface area contributed by atoms with Gasteiger partial charge in [0.15, 0.2) is 5.78 Å². The number of rotatable bonds is 10. The monoisotopic (exact) mass is 316 g/mol. The number of Topliss-reactive ketones (excluding diaryl/α,β-unsaturated/α-hetero) is 1. The number of carbonyl (C=O) groups excluding carboxylic acids is 1. The van der Waals surface area contributed by atoms with Crippen molar-refractivity contribution in [3.63, 3.8) is 0 Å². The molecule has 0 unspecified atom stereocenters. The van der Waals surface area contributed by atoms with Gasteiger partial charge in [-0.15, -0.1) is 0 Å². The number of allylic oxidation sites excluding steroid dienone is 2. The van der Waals surface area contributed by atoms with Crippen molar-refractivity contribution in [2.24, 2.45) is 0 Å². The second-order valence-corrected chi connectivity index (χ2v) is 7.62. The van der Waals surface area contributed by atoms with Crippen molar-refractivity contribution in [2.45, 2.75) is 53.0 Å². The van der Waals surface area contributed by atoms with Crippen LogP contribution in [0.4, 0.5) is 0 Å². The topological polar surface area (TPSA) is 54.0 Å². The summed E-state index contributed by atoms with van der Waals surface area (Å²) in [7, 11) is -2.67. The smallest absolute Gasteiger partial charge is 0.498 e. The van der Waals surface area contributed by atoms with Crippen molar-refractivity contribution in [3.8, 4) is 0 Å². The average Bonchev–Trinajstić information content (AvgIpc) is 2.46. The Kier molecular flexibility index (Phi) is 8.17. The maximum Gasteiger partial charge on any atom is 0.501 e. The molecule has 5 nitrogen and oxygen atoms in total. The molecule has 1 aliphatic heterocycles. The minimum Gasteiger partial charge on any atom is -0.498 e. The number of hydrogen-bond donors (Lipinski definition) is 0. The summed E-state index contributed by atoms with van der Waals surface area (Å²) < 4.78 is 23.2. The summed E-state index contributed by atoms with van der Waals surface area (Å²) in [6.07, 6.45) is 2.35. The number of carbonyl (C=O) groups is 1. The van der Waals surface area contributed by atoms with Crippen molar-refractivity contribution in [3.05, 3.63) is 11.3 Å². The van der Waals surface area contributed by atoms with E-state index in [1.54, 1.807) is 6.92 Å². The first kappa shape index (κ1) is 18.4. The molecule has 21 heavy (non-hydrogen) atoms. The lowest BCUT2D eigenvalue weighted by Crippen LogP contribution is -2.46. The van der Waals surface area contributed by atoms with E-state index in [9.17, 15) is 4.79 Å². The second kappa shape index (κ2) is 9.35. The molecule has 0 aromatic rings. The molecule has 1 heterocycles. The first-order valence-electron chi connectivity index (χ1n) is 7.86. The van der Waals surface area contributed by atoms with Crippen LogP contribution in [0.2, 0.25) is 6.04 Å². The molecule has 0 aliphatic carbocycles. The van der Waals surface area contributed by atoms with Crippen LogP contribution in [0.15, 0.2) is 11.3 Å². The molecule has 0 fully saturated rings. The maximum atomic E-state index is 11.7. The van der Waals surface area contributed by atoms with Crippen LogP contribution in [-0.2, 0) is 22.8 Å². The van der Waals surface area contributed by atoms with Gasteiger partial charge in [0.25, 0.3) is 0 Å². The fraction of sp³-hybridized carbons (Fsp3) is 0.800. The van der Waals surface area contributed by atoms with Gasteiger partial charge in [-0.2, -0.15) is 0 Å². The van der Waals surface area contributed by atoms with Gasteiger partial charge in [0, 0.05) is 37.9 Å². The van der Waals surface area contributed by atoms with E-state index in [1.807, 2.05) is 20.8 Å². The fourth-order valence-electron chi connectivity index (χ4n) is 2.53. The van der Waals surface area contributed by atoms with Gasteiger partial charge in [0.05, 0.1) is 6.61 Å². The third kappa shape index (κ3) is 5.54. The van der Waals surface area contributed by atoms with Gasteiger partial charge in [0.2, 0.25) is 0 Å². The van der Waals surface area contributed by atoms with Crippen LogP contribution in [0, 0.1) is 0 Å². The number of ether oxygens (including phenoxy) is 1.